The lowest BCUT2D eigenvalue weighted by Gasteiger charge is -2.11. The zero-order valence-corrected chi connectivity index (χ0v) is 11.7. The van der Waals surface area contributed by atoms with Crippen LogP contribution < -0.4 is 10.6 Å². The maximum Gasteiger partial charge on any atom is 0.315 e. The fourth-order valence-electron chi connectivity index (χ4n) is 2.41. The number of aromatic nitrogens is 1. The average molecular weight is 249 g/mol. The number of nitrogens with zero attached hydrogens (tertiary/aromatic N) is 1. The van der Waals surface area contributed by atoms with Gasteiger partial charge in [0.25, 0.3) is 0 Å². The molecule has 4 heteroatoms. The second-order valence-electron chi connectivity index (χ2n) is 5.48. The van der Waals surface area contributed by atoms with Crippen molar-refractivity contribution in [2.75, 3.05) is 0 Å². The summed E-state index contributed by atoms with van der Waals surface area (Å²) in [4.78, 5) is 11.5. The Morgan fingerprint density at radius 2 is 2.11 bits per heavy atom. The number of carbonyl (C=O) groups is 1. The van der Waals surface area contributed by atoms with Gasteiger partial charge in [-0.1, -0.05) is 0 Å². The van der Waals surface area contributed by atoms with E-state index in [1.807, 2.05) is 13.8 Å². The Kier molecular flexibility index (Phi) is 3.64. The van der Waals surface area contributed by atoms with Gasteiger partial charge in [0.15, 0.2) is 0 Å². The van der Waals surface area contributed by atoms with Crippen molar-refractivity contribution in [2.24, 2.45) is 0 Å². The van der Waals surface area contributed by atoms with Gasteiger partial charge in [-0.15, -0.1) is 0 Å². The Labute approximate surface area is 109 Å². The number of amides is 2. The highest BCUT2D eigenvalue weighted by molar-refractivity contribution is 5.74. The number of rotatable bonds is 4. The van der Waals surface area contributed by atoms with Gasteiger partial charge in [0.2, 0.25) is 0 Å². The second-order valence-corrected chi connectivity index (χ2v) is 5.48. The molecule has 1 heterocycles. The normalized spacial score (nSPS) is 14.9. The first kappa shape index (κ1) is 13.0. The molecule has 0 atom stereocenters. The maximum absolute atomic E-state index is 11.5. The van der Waals surface area contributed by atoms with Crippen LogP contribution in [0.2, 0.25) is 0 Å². The van der Waals surface area contributed by atoms with Gasteiger partial charge in [-0.3, -0.25) is 0 Å². The monoisotopic (exact) mass is 249 g/mol. The van der Waals surface area contributed by atoms with Crippen LogP contribution in [0.3, 0.4) is 0 Å². The summed E-state index contributed by atoms with van der Waals surface area (Å²) in [6.45, 7) is 8.80. The van der Waals surface area contributed by atoms with Crippen LogP contribution in [0.25, 0.3) is 0 Å². The molecular weight excluding hydrogens is 226 g/mol. The third kappa shape index (κ3) is 2.86. The summed E-state index contributed by atoms with van der Waals surface area (Å²) in [5.41, 5.74) is 3.81. The van der Waals surface area contributed by atoms with Crippen LogP contribution in [0.5, 0.6) is 0 Å². The molecule has 1 fully saturated rings. The van der Waals surface area contributed by atoms with Crippen molar-refractivity contribution in [1.29, 1.82) is 0 Å². The number of carbonyl (C=O) groups excluding carboxylic acids is 1. The van der Waals surface area contributed by atoms with Gasteiger partial charge in [-0.05, 0) is 52.2 Å². The molecule has 2 N–H and O–H groups in total. The molecule has 0 unspecified atom stereocenters. The van der Waals surface area contributed by atoms with E-state index in [1.165, 1.54) is 29.8 Å². The van der Waals surface area contributed by atoms with E-state index < -0.39 is 0 Å². The first-order valence-electron chi connectivity index (χ1n) is 6.70. The van der Waals surface area contributed by atoms with E-state index in [1.54, 1.807) is 0 Å². The van der Waals surface area contributed by atoms with Gasteiger partial charge in [0, 0.05) is 30.0 Å². The smallest absolute Gasteiger partial charge is 0.315 e. The number of hydrogen-bond donors (Lipinski definition) is 2. The lowest BCUT2D eigenvalue weighted by molar-refractivity contribution is 0.238. The molecule has 0 aliphatic heterocycles. The van der Waals surface area contributed by atoms with Crippen LogP contribution in [0.15, 0.2) is 6.07 Å². The van der Waals surface area contributed by atoms with Crippen molar-refractivity contribution in [1.82, 2.24) is 15.2 Å². The molecule has 1 saturated carbocycles. The lowest BCUT2D eigenvalue weighted by atomic mass is 10.2. The summed E-state index contributed by atoms with van der Waals surface area (Å²) in [5, 5.41) is 5.74. The SMILES string of the molecule is Cc1cc(CNC(=O)NC(C)C)c(C)n1C1CC1. The first-order valence-corrected chi connectivity index (χ1v) is 6.70. The predicted octanol–water partition coefficient (Wildman–Crippen LogP) is 2.65. The van der Waals surface area contributed by atoms with Crippen LogP contribution in [-0.2, 0) is 6.54 Å². The zero-order chi connectivity index (χ0) is 13.3. The van der Waals surface area contributed by atoms with Crippen LogP contribution in [0.1, 0.15) is 49.7 Å². The fraction of sp³-hybridized carbons (Fsp3) is 0.643. The van der Waals surface area contributed by atoms with Gasteiger partial charge in [-0.2, -0.15) is 0 Å². The minimum Gasteiger partial charge on any atom is -0.346 e. The molecule has 0 radical (unpaired) electrons. The molecule has 1 aromatic heterocycles. The molecule has 0 aromatic carbocycles. The number of nitrogens with one attached hydrogen (secondary N) is 2. The van der Waals surface area contributed by atoms with Crippen molar-refractivity contribution in [3.8, 4) is 0 Å². The highest BCUT2D eigenvalue weighted by atomic mass is 16.2. The predicted molar refractivity (Wildman–Crippen MR) is 72.7 cm³/mol. The zero-order valence-electron chi connectivity index (χ0n) is 11.7. The largest absolute Gasteiger partial charge is 0.346 e. The fourth-order valence-corrected chi connectivity index (χ4v) is 2.41. The molecule has 2 amide bonds. The van der Waals surface area contributed by atoms with Crippen LogP contribution in [-0.4, -0.2) is 16.6 Å². The van der Waals surface area contributed by atoms with Crippen LogP contribution in [0.4, 0.5) is 4.79 Å². The van der Waals surface area contributed by atoms with Gasteiger partial charge in [0.1, 0.15) is 0 Å². The summed E-state index contributed by atoms with van der Waals surface area (Å²) in [7, 11) is 0. The van der Waals surface area contributed by atoms with Gasteiger partial charge < -0.3 is 15.2 Å². The Morgan fingerprint density at radius 1 is 1.44 bits per heavy atom. The molecule has 1 aliphatic rings. The molecule has 1 aromatic rings. The van der Waals surface area contributed by atoms with E-state index in [2.05, 4.69) is 35.1 Å². The van der Waals surface area contributed by atoms with Gasteiger partial charge in [0.05, 0.1) is 0 Å². The Morgan fingerprint density at radius 3 is 2.67 bits per heavy atom. The molecule has 1 aliphatic carbocycles. The van der Waals surface area contributed by atoms with Crippen LogP contribution >= 0.6 is 0 Å². The Balaban J connectivity index is 1.97. The summed E-state index contributed by atoms with van der Waals surface area (Å²) in [6.07, 6.45) is 2.58. The highest BCUT2D eigenvalue weighted by Crippen LogP contribution is 2.38. The van der Waals surface area contributed by atoms with Gasteiger partial charge >= 0.3 is 6.03 Å². The number of urea groups is 1. The minimum atomic E-state index is -0.0961. The summed E-state index contributed by atoms with van der Waals surface area (Å²) in [5.74, 6) is 0. The van der Waals surface area contributed by atoms with Crippen molar-refractivity contribution in [2.45, 2.75) is 59.2 Å². The van der Waals surface area contributed by atoms with E-state index in [-0.39, 0.29) is 12.1 Å². The Hall–Kier alpha value is -1.45. The lowest BCUT2D eigenvalue weighted by Crippen LogP contribution is -2.39. The molecule has 2 rings (SSSR count). The topological polar surface area (TPSA) is 46.1 Å². The molecule has 4 nitrogen and oxygen atoms in total. The third-order valence-corrected chi connectivity index (χ3v) is 3.36. The van der Waals surface area contributed by atoms with E-state index in [0.29, 0.717) is 12.6 Å². The quantitative estimate of drug-likeness (QED) is 0.846. The molecule has 18 heavy (non-hydrogen) atoms. The summed E-state index contributed by atoms with van der Waals surface area (Å²) in [6, 6.07) is 2.96. The van der Waals surface area contributed by atoms with E-state index in [0.717, 1.165) is 0 Å². The third-order valence-electron chi connectivity index (χ3n) is 3.36. The number of aryl methyl sites for hydroxylation is 1. The van der Waals surface area contributed by atoms with E-state index in [4.69, 9.17) is 0 Å². The maximum atomic E-state index is 11.5. The summed E-state index contributed by atoms with van der Waals surface area (Å²) < 4.78 is 2.40. The minimum absolute atomic E-state index is 0.0961. The second kappa shape index (κ2) is 5.04. The molecular formula is C14H23N3O. The summed E-state index contributed by atoms with van der Waals surface area (Å²) >= 11 is 0. The van der Waals surface area contributed by atoms with E-state index in [9.17, 15) is 4.79 Å². The Bertz CT molecular complexity index is 444. The van der Waals surface area contributed by atoms with Crippen molar-refractivity contribution < 1.29 is 4.79 Å². The molecule has 0 spiro atoms. The standard InChI is InChI=1S/C14H23N3O/c1-9(2)16-14(18)15-8-12-7-10(3)17(11(12)4)13-5-6-13/h7,9,13H,5-6,8H2,1-4H3,(H2,15,16,18). The van der Waals surface area contributed by atoms with Gasteiger partial charge in [-0.25, -0.2) is 4.79 Å². The van der Waals surface area contributed by atoms with E-state index >= 15 is 0 Å². The molecule has 100 valence electrons. The molecule has 0 bridgehead atoms. The van der Waals surface area contributed by atoms with Crippen molar-refractivity contribution in [3.05, 3.63) is 23.0 Å². The van der Waals surface area contributed by atoms with Crippen LogP contribution in [0, 0.1) is 13.8 Å². The van der Waals surface area contributed by atoms with Crippen molar-refractivity contribution in [3.63, 3.8) is 0 Å². The average Bonchev–Trinajstić information content (AvgIpc) is 3.03. The first-order chi connectivity index (χ1) is 8.49. The molecule has 0 saturated heterocycles. The number of hydrogen-bond acceptors (Lipinski definition) is 1. The van der Waals surface area contributed by atoms with Crippen molar-refractivity contribution >= 4 is 6.03 Å². The highest BCUT2D eigenvalue weighted by Gasteiger charge is 2.26.